The van der Waals surface area contributed by atoms with Crippen LogP contribution >= 0.6 is 0 Å². The van der Waals surface area contributed by atoms with Crippen molar-refractivity contribution in [1.29, 1.82) is 0 Å². The minimum Gasteiger partial charge on any atom is -0.307 e. The molecule has 2 bridgehead atoms. The maximum absolute atomic E-state index is 4.31. The Morgan fingerprint density at radius 2 is 2.18 bits per heavy atom. The number of hydrogen-bond donors (Lipinski definition) is 1. The Bertz CT molecular complexity index is 433. The normalized spacial score (nSPS) is 28.1. The van der Waals surface area contributed by atoms with Gasteiger partial charge in [-0.3, -0.25) is 4.98 Å². The molecule has 88 valence electrons. The molecule has 3 rings (SSSR count). The summed E-state index contributed by atoms with van der Waals surface area (Å²) < 4.78 is 0. The highest BCUT2D eigenvalue weighted by Crippen LogP contribution is 2.26. The molecule has 0 aromatic carbocycles. The van der Waals surface area contributed by atoms with E-state index in [1.54, 1.807) is 0 Å². The van der Waals surface area contributed by atoms with Crippen LogP contribution in [-0.4, -0.2) is 17.1 Å². The fraction of sp³-hybridized carbons (Fsp3) is 0.400. The summed E-state index contributed by atoms with van der Waals surface area (Å²) in [5.74, 6) is 0. The van der Waals surface area contributed by atoms with Gasteiger partial charge in [-0.05, 0) is 49.5 Å². The molecule has 1 N–H and O–H groups in total. The van der Waals surface area contributed by atoms with E-state index in [4.69, 9.17) is 0 Å². The SMILES string of the molecule is C1=C(/C=C/c2ccccn2)C2CCC(CC1)N2. The second kappa shape index (κ2) is 4.84. The summed E-state index contributed by atoms with van der Waals surface area (Å²) in [5, 5.41) is 3.70. The van der Waals surface area contributed by atoms with Crippen molar-refractivity contribution in [1.82, 2.24) is 10.3 Å². The third kappa shape index (κ3) is 2.47. The first kappa shape index (κ1) is 10.7. The number of allylic oxidation sites excluding steroid dienone is 1. The first-order valence-electron chi connectivity index (χ1n) is 6.47. The van der Waals surface area contributed by atoms with E-state index in [1.165, 1.54) is 31.3 Å². The van der Waals surface area contributed by atoms with E-state index < -0.39 is 0 Å². The van der Waals surface area contributed by atoms with Gasteiger partial charge in [-0.15, -0.1) is 0 Å². The zero-order valence-corrected chi connectivity index (χ0v) is 9.97. The minimum atomic E-state index is 0.572. The van der Waals surface area contributed by atoms with Crippen molar-refractivity contribution in [3.63, 3.8) is 0 Å². The summed E-state index contributed by atoms with van der Waals surface area (Å²) in [6.45, 7) is 0. The summed E-state index contributed by atoms with van der Waals surface area (Å²) in [4.78, 5) is 4.31. The molecular formula is C15H18N2. The number of hydrogen-bond acceptors (Lipinski definition) is 2. The van der Waals surface area contributed by atoms with Crippen molar-refractivity contribution in [2.45, 2.75) is 37.8 Å². The van der Waals surface area contributed by atoms with Gasteiger partial charge in [0.15, 0.2) is 0 Å². The smallest absolute Gasteiger partial charge is 0.0629 e. The van der Waals surface area contributed by atoms with E-state index in [-0.39, 0.29) is 0 Å². The lowest BCUT2D eigenvalue weighted by Crippen LogP contribution is -2.28. The van der Waals surface area contributed by atoms with Crippen molar-refractivity contribution in [2.75, 3.05) is 0 Å². The Morgan fingerprint density at radius 1 is 1.18 bits per heavy atom. The Kier molecular flexibility index (Phi) is 3.06. The van der Waals surface area contributed by atoms with Crippen LogP contribution in [0, 0.1) is 0 Å². The van der Waals surface area contributed by atoms with Crippen molar-refractivity contribution < 1.29 is 0 Å². The summed E-state index contributed by atoms with van der Waals surface area (Å²) >= 11 is 0. The van der Waals surface area contributed by atoms with Crippen LogP contribution in [0.4, 0.5) is 0 Å². The van der Waals surface area contributed by atoms with E-state index in [9.17, 15) is 0 Å². The van der Waals surface area contributed by atoms with Crippen LogP contribution in [0.5, 0.6) is 0 Å². The van der Waals surface area contributed by atoms with Crippen LogP contribution in [0.2, 0.25) is 0 Å². The highest BCUT2D eigenvalue weighted by molar-refractivity contribution is 5.50. The molecule has 2 aliphatic rings. The van der Waals surface area contributed by atoms with Crippen LogP contribution in [0.25, 0.3) is 6.08 Å². The highest BCUT2D eigenvalue weighted by Gasteiger charge is 2.26. The van der Waals surface area contributed by atoms with Crippen LogP contribution in [-0.2, 0) is 0 Å². The average Bonchev–Trinajstić information content (AvgIpc) is 2.72. The third-order valence-electron chi connectivity index (χ3n) is 3.67. The molecule has 2 unspecified atom stereocenters. The highest BCUT2D eigenvalue weighted by atomic mass is 15.0. The van der Waals surface area contributed by atoms with Gasteiger partial charge in [-0.25, -0.2) is 0 Å². The van der Waals surface area contributed by atoms with Crippen LogP contribution in [0.3, 0.4) is 0 Å². The first-order valence-corrected chi connectivity index (χ1v) is 6.47. The van der Waals surface area contributed by atoms with Crippen molar-refractivity contribution in [2.24, 2.45) is 0 Å². The van der Waals surface area contributed by atoms with Gasteiger partial charge in [-0.1, -0.05) is 18.2 Å². The molecule has 1 aromatic rings. The molecule has 0 amide bonds. The van der Waals surface area contributed by atoms with Gasteiger partial charge in [0.1, 0.15) is 0 Å². The second-order valence-corrected chi connectivity index (χ2v) is 4.86. The van der Waals surface area contributed by atoms with Gasteiger partial charge in [0, 0.05) is 18.3 Å². The Morgan fingerprint density at radius 3 is 3.06 bits per heavy atom. The van der Waals surface area contributed by atoms with Crippen molar-refractivity contribution >= 4 is 6.08 Å². The van der Waals surface area contributed by atoms with E-state index in [0.29, 0.717) is 6.04 Å². The molecule has 2 atom stereocenters. The van der Waals surface area contributed by atoms with Crippen LogP contribution in [0.15, 0.2) is 42.1 Å². The molecule has 1 aromatic heterocycles. The lowest BCUT2D eigenvalue weighted by atomic mass is 9.99. The molecule has 1 fully saturated rings. The lowest BCUT2D eigenvalue weighted by Gasteiger charge is -2.11. The molecule has 2 aliphatic heterocycles. The quantitative estimate of drug-likeness (QED) is 0.838. The third-order valence-corrected chi connectivity index (χ3v) is 3.67. The Hall–Kier alpha value is -1.41. The fourth-order valence-corrected chi connectivity index (χ4v) is 2.74. The standard InChI is InChI=1S/C15H18N2/c1-2-11-16-13(5-1)8-7-12-4-3-6-14-9-10-15(12)17-14/h1-2,4-5,7-8,11,14-15,17H,3,6,9-10H2/b8-7+. The summed E-state index contributed by atoms with van der Waals surface area (Å²) in [7, 11) is 0. The molecular weight excluding hydrogens is 208 g/mol. The van der Waals surface area contributed by atoms with E-state index in [2.05, 4.69) is 28.5 Å². The maximum atomic E-state index is 4.31. The summed E-state index contributed by atoms with van der Waals surface area (Å²) in [5.41, 5.74) is 2.47. The maximum Gasteiger partial charge on any atom is 0.0629 e. The predicted molar refractivity (Wildman–Crippen MR) is 70.5 cm³/mol. The molecule has 2 nitrogen and oxygen atoms in total. The fourth-order valence-electron chi connectivity index (χ4n) is 2.74. The molecule has 0 radical (unpaired) electrons. The van der Waals surface area contributed by atoms with Gasteiger partial charge >= 0.3 is 0 Å². The molecule has 17 heavy (non-hydrogen) atoms. The zero-order chi connectivity index (χ0) is 11.5. The van der Waals surface area contributed by atoms with Crippen molar-refractivity contribution in [3.05, 3.63) is 47.8 Å². The van der Waals surface area contributed by atoms with Gasteiger partial charge in [0.25, 0.3) is 0 Å². The topological polar surface area (TPSA) is 24.9 Å². The van der Waals surface area contributed by atoms with Gasteiger partial charge < -0.3 is 5.32 Å². The molecule has 2 heteroatoms. The predicted octanol–water partition coefficient (Wildman–Crippen LogP) is 2.94. The number of rotatable bonds is 2. The number of fused-ring (bicyclic) bond motifs is 2. The number of aromatic nitrogens is 1. The Balaban J connectivity index is 1.76. The van der Waals surface area contributed by atoms with E-state index in [0.717, 1.165) is 11.7 Å². The van der Waals surface area contributed by atoms with E-state index in [1.807, 2.05) is 24.4 Å². The molecule has 0 aliphatic carbocycles. The molecule has 0 spiro atoms. The van der Waals surface area contributed by atoms with Gasteiger partial charge in [-0.2, -0.15) is 0 Å². The molecule has 0 saturated carbocycles. The van der Waals surface area contributed by atoms with Gasteiger partial charge in [0.05, 0.1) is 5.69 Å². The summed E-state index contributed by atoms with van der Waals surface area (Å²) in [6, 6.07) is 7.33. The van der Waals surface area contributed by atoms with E-state index >= 15 is 0 Å². The molecule has 1 saturated heterocycles. The number of pyridine rings is 1. The lowest BCUT2D eigenvalue weighted by molar-refractivity contribution is 0.556. The van der Waals surface area contributed by atoms with Gasteiger partial charge in [0.2, 0.25) is 0 Å². The zero-order valence-electron chi connectivity index (χ0n) is 9.97. The first-order chi connectivity index (χ1) is 8.42. The molecule has 3 heterocycles. The number of nitrogens with zero attached hydrogens (tertiary/aromatic N) is 1. The summed E-state index contributed by atoms with van der Waals surface area (Å²) in [6.07, 6.45) is 13.7. The Labute approximate surface area is 102 Å². The monoisotopic (exact) mass is 226 g/mol. The van der Waals surface area contributed by atoms with Crippen LogP contribution in [0.1, 0.15) is 31.4 Å². The largest absolute Gasteiger partial charge is 0.307 e. The number of nitrogens with one attached hydrogen (secondary N) is 1. The second-order valence-electron chi connectivity index (χ2n) is 4.86. The minimum absolute atomic E-state index is 0.572. The average molecular weight is 226 g/mol. The van der Waals surface area contributed by atoms with Crippen molar-refractivity contribution in [3.8, 4) is 0 Å². The van der Waals surface area contributed by atoms with Crippen LogP contribution < -0.4 is 5.32 Å².